The molecule has 4 saturated carbocycles. The Morgan fingerprint density at radius 3 is 2.34 bits per heavy atom. The number of imide groups is 1. The summed E-state index contributed by atoms with van der Waals surface area (Å²) in [6.45, 7) is 4.75. The lowest BCUT2D eigenvalue weighted by Gasteiger charge is -2.57. The lowest BCUT2D eigenvalue weighted by atomic mass is 9.49. The molecule has 4 amide bonds. The molecular weight excluding hydrogens is 474 g/mol. The molecule has 5 aliphatic carbocycles. The second-order valence-electron chi connectivity index (χ2n) is 14.2. The maximum atomic E-state index is 14.5. The highest BCUT2D eigenvalue weighted by molar-refractivity contribution is 5.96. The molecule has 2 N–H and O–H groups in total. The zero-order valence-electron chi connectivity index (χ0n) is 23.7. The summed E-state index contributed by atoms with van der Waals surface area (Å²) in [6.07, 6.45) is 20.1. The predicted octanol–water partition coefficient (Wildman–Crippen LogP) is 6.45. The Balaban J connectivity index is 1.23. The lowest BCUT2D eigenvalue weighted by molar-refractivity contribution is -0.142. The molecule has 0 aromatic carbocycles. The number of carbonyl (C=O) groups excluding carboxylic acids is 3. The Kier molecular flexibility index (Phi) is 7.14. The Morgan fingerprint density at radius 2 is 1.61 bits per heavy atom. The van der Waals surface area contributed by atoms with Crippen molar-refractivity contribution >= 4 is 17.8 Å². The molecule has 5 fully saturated rings. The Bertz CT molecular complexity index is 980. The second-order valence-corrected chi connectivity index (χ2v) is 14.2. The van der Waals surface area contributed by atoms with Crippen LogP contribution in [-0.4, -0.2) is 34.8 Å². The van der Waals surface area contributed by atoms with Gasteiger partial charge in [-0.3, -0.25) is 14.5 Å². The third-order valence-corrected chi connectivity index (χ3v) is 12.2. The van der Waals surface area contributed by atoms with Crippen molar-refractivity contribution in [3.8, 4) is 0 Å². The first-order valence-electron chi connectivity index (χ1n) is 16.0. The molecule has 1 heterocycles. The number of allylic oxidation sites excluding steroid dienone is 2. The largest absolute Gasteiger partial charge is 0.335 e. The van der Waals surface area contributed by atoms with Gasteiger partial charge in [0.15, 0.2) is 0 Å². The van der Waals surface area contributed by atoms with E-state index in [-0.39, 0.29) is 46.7 Å². The highest BCUT2D eigenvalue weighted by Crippen LogP contribution is 2.65. The normalized spacial score (nSPS) is 39.7. The molecule has 6 rings (SSSR count). The maximum Gasteiger partial charge on any atom is 0.324 e. The van der Waals surface area contributed by atoms with Gasteiger partial charge in [0, 0.05) is 35.5 Å². The molecular formula is C32H49N3O3. The summed E-state index contributed by atoms with van der Waals surface area (Å²) in [5.74, 6) is 1.87. The molecule has 38 heavy (non-hydrogen) atoms. The van der Waals surface area contributed by atoms with E-state index in [4.69, 9.17) is 0 Å². The van der Waals surface area contributed by atoms with Gasteiger partial charge in [0.1, 0.15) is 0 Å². The van der Waals surface area contributed by atoms with Gasteiger partial charge in [-0.1, -0.05) is 58.4 Å². The minimum Gasteiger partial charge on any atom is -0.335 e. The molecule has 0 spiro atoms. The first-order valence-corrected chi connectivity index (χ1v) is 16.0. The van der Waals surface area contributed by atoms with Gasteiger partial charge in [-0.05, 0) is 87.4 Å². The van der Waals surface area contributed by atoms with E-state index in [9.17, 15) is 14.4 Å². The highest BCUT2D eigenvalue weighted by Gasteiger charge is 2.61. The Morgan fingerprint density at radius 1 is 0.895 bits per heavy atom. The van der Waals surface area contributed by atoms with Crippen molar-refractivity contribution in [3.63, 3.8) is 0 Å². The molecule has 0 unspecified atom stereocenters. The van der Waals surface area contributed by atoms with Crippen LogP contribution < -0.4 is 10.6 Å². The zero-order valence-corrected chi connectivity index (χ0v) is 23.7. The van der Waals surface area contributed by atoms with Crippen molar-refractivity contribution in [1.29, 1.82) is 0 Å². The molecule has 0 bridgehead atoms. The van der Waals surface area contributed by atoms with Crippen molar-refractivity contribution in [1.82, 2.24) is 15.5 Å². The summed E-state index contributed by atoms with van der Waals surface area (Å²) in [4.78, 5) is 42.1. The van der Waals surface area contributed by atoms with Crippen LogP contribution in [0, 0.1) is 34.5 Å². The van der Waals surface area contributed by atoms with Gasteiger partial charge >= 0.3 is 6.03 Å². The number of nitrogens with zero attached hydrogens (tertiary/aromatic N) is 1. The van der Waals surface area contributed by atoms with Crippen LogP contribution in [-0.2, 0) is 9.59 Å². The van der Waals surface area contributed by atoms with Crippen LogP contribution in [0.2, 0.25) is 0 Å². The summed E-state index contributed by atoms with van der Waals surface area (Å²) < 4.78 is 0. The van der Waals surface area contributed by atoms with E-state index in [1.54, 1.807) is 4.90 Å². The third kappa shape index (κ3) is 4.42. The van der Waals surface area contributed by atoms with Crippen molar-refractivity contribution < 1.29 is 14.4 Å². The first-order chi connectivity index (χ1) is 18.3. The number of rotatable bonds is 3. The van der Waals surface area contributed by atoms with Crippen LogP contribution in [0.15, 0.2) is 11.8 Å². The monoisotopic (exact) mass is 523 g/mol. The van der Waals surface area contributed by atoms with E-state index < -0.39 is 0 Å². The van der Waals surface area contributed by atoms with Gasteiger partial charge < -0.3 is 10.6 Å². The topological polar surface area (TPSA) is 78.5 Å². The first kappa shape index (κ1) is 26.4. The van der Waals surface area contributed by atoms with Gasteiger partial charge in [0.05, 0.1) is 0 Å². The fourth-order valence-electron chi connectivity index (χ4n) is 10.0. The number of hydrogen-bond donors (Lipinski definition) is 2. The summed E-state index contributed by atoms with van der Waals surface area (Å²) in [6, 6.07) is 0.173. The van der Waals surface area contributed by atoms with Gasteiger partial charge in [0.25, 0.3) is 0 Å². The molecule has 6 aliphatic rings. The molecule has 1 aliphatic heterocycles. The summed E-state index contributed by atoms with van der Waals surface area (Å²) in [5.41, 5.74) is 1.16. The van der Waals surface area contributed by atoms with Crippen LogP contribution in [0.3, 0.4) is 0 Å². The van der Waals surface area contributed by atoms with Crippen LogP contribution in [0.1, 0.15) is 123 Å². The second kappa shape index (κ2) is 10.3. The minimum atomic E-state index is -0.106. The van der Waals surface area contributed by atoms with Crippen molar-refractivity contribution in [2.45, 2.75) is 135 Å². The Labute approximate surface area is 229 Å². The quantitative estimate of drug-likeness (QED) is 0.446. The van der Waals surface area contributed by atoms with E-state index in [0.29, 0.717) is 24.2 Å². The maximum absolute atomic E-state index is 14.5. The van der Waals surface area contributed by atoms with E-state index in [1.807, 2.05) is 0 Å². The summed E-state index contributed by atoms with van der Waals surface area (Å²) in [7, 11) is 0. The van der Waals surface area contributed by atoms with Crippen molar-refractivity contribution in [2.75, 3.05) is 0 Å². The molecule has 6 heteroatoms. The number of urea groups is 1. The average Bonchev–Trinajstić information content (AvgIpc) is 3.27. The standard InChI is InChI=1S/C32H49N3O3/c1-31-19-17-25-23(13-16-27-32(25,2)20-18-28(36)34-27)24(31)14-15-26(31)29(37)35(22-11-7-4-8-12-22)30(38)33-21-9-5-3-6-10-21/h16,21-26H,3-15,17-20H2,1-2H3,(H,33,38)(H,34,36)/t23-,24-,25-,26+,31-,32+/m0/s1. The van der Waals surface area contributed by atoms with Crippen LogP contribution >= 0.6 is 0 Å². The highest BCUT2D eigenvalue weighted by atomic mass is 16.2. The molecule has 0 radical (unpaired) electrons. The molecule has 6 nitrogen and oxygen atoms in total. The number of hydrogen-bond acceptors (Lipinski definition) is 3. The number of amides is 4. The predicted molar refractivity (Wildman–Crippen MR) is 148 cm³/mol. The smallest absolute Gasteiger partial charge is 0.324 e. The van der Waals surface area contributed by atoms with Crippen molar-refractivity contribution in [2.24, 2.45) is 34.5 Å². The van der Waals surface area contributed by atoms with Gasteiger partial charge in [-0.25, -0.2) is 4.79 Å². The van der Waals surface area contributed by atoms with Gasteiger partial charge in [-0.15, -0.1) is 0 Å². The fraction of sp³-hybridized carbons (Fsp3) is 0.844. The number of fused-ring (bicyclic) bond motifs is 5. The molecule has 0 aromatic rings. The van der Waals surface area contributed by atoms with E-state index in [2.05, 4.69) is 30.6 Å². The van der Waals surface area contributed by atoms with Crippen LogP contribution in [0.5, 0.6) is 0 Å². The van der Waals surface area contributed by atoms with Gasteiger partial charge in [-0.2, -0.15) is 0 Å². The van der Waals surface area contributed by atoms with E-state index in [0.717, 1.165) is 82.7 Å². The van der Waals surface area contributed by atoms with Crippen LogP contribution in [0.25, 0.3) is 0 Å². The van der Waals surface area contributed by atoms with Crippen molar-refractivity contribution in [3.05, 3.63) is 11.8 Å². The number of piperidine rings is 1. The minimum absolute atomic E-state index is 0.0457. The number of carbonyl (C=O) groups is 3. The number of nitrogens with one attached hydrogen (secondary N) is 2. The third-order valence-electron chi connectivity index (χ3n) is 12.2. The SMILES string of the molecule is C[C@]12CC[C@H]3[C@@H](CC=C4NC(=O)CC[C@@]43C)[C@@H]1CC[C@@H]2C(=O)N(C(=O)NC1CCCCC1)C1CCCCC1. The molecule has 1 saturated heterocycles. The Hall–Kier alpha value is -1.85. The van der Waals surface area contributed by atoms with E-state index >= 15 is 0 Å². The lowest BCUT2D eigenvalue weighted by Crippen LogP contribution is -2.57. The molecule has 0 aromatic heterocycles. The summed E-state index contributed by atoms with van der Waals surface area (Å²) in [5, 5.41) is 6.52. The fourth-order valence-corrected chi connectivity index (χ4v) is 10.0. The summed E-state index contributed by atoms with van der Waals surface area (Å²) >= 11 is 0. The van der Waals surface area contributed by atoms with E-state index in [1.165, 1.54) is 25.7 Å². The van der Waals surface area contributed by atoms with Gasteiger partial charge in [0.2, 0.25) is 11.8 Å². The van der Waals surface area contributed by atoms with Crippen LogP contribution in [0.4, 0.5) is 4.79 Å². The molecule has 210 valence electrons. The average molecular weight is 524 g/mol. The molecule has 6 atom stereocenters. The zero-order chi connectivity index (χ0) is 26.5.